The molecule has 0 radical (unpaired) electrons. The van der Waals surface area contributed by atoms with E-state index in [0.717, 1.165) is 5.57 Å². The Morgan fingerprint density at radius 2 is 2.08 bits per heavy atom. The maximum Gasteiger partial charge on any atom is 0.167 e. The summed E-state index contributed by atoms with van der Waals surface area (Å²) in [7, 11) is 0. The lowest BCUT2D eigenvalue weighted by molar-refractivity contribution is -0.0511. The third-order valence-corrected chi connectivity index (χ3v) is 4.12. The van der Waals surface area contributed by atoms with Crippen molar-refractivity contribution in [2.45, 2.75) is 31.5 Å². The monoisotopic (exact) mass is 351 g/mol. The zero-order valence-corrected chi connectivity index (χ0v) is 13.6. The summed E-state index contributed by atoms with van der Waals surface area (Å²) in [5.41, 5.74) is 1.74. The van der Waals surface area contributed by atoms with Gasteiger partial charge in [-0.25, -0.2) is 15.0 Å². The van der Waals surface area contributed by atoms with E-state index in [1.807, 2.05) is 13.0 Å². The molecule has 0 aliphatic carbocycles. The molecule has 0 amide bonds. The van der Waals surface area contributed by atoms with E-state index in [9.17, 15) is 15.3 Å². The summed E-state index contributed by atoms with van der Waals surface area (Å²) < 4.78 is 7.01. The fraction of sp³-hybridized carbons (Fsp3) is 0.533. The first-order chi connectivity index (χ1) is 12.1. The van der Waals surface area contributed by atoms with Gasteiger partial charge in [-0.2, -0.15) is 0 Å². The Bertz CT molecular complexity index is 764. The molecule has 1 fully saturated rings. The normalized spacial score (nSPS) is 27.2. The maximum absolute atomic E-state index is 10.2. The Kier molecular flexibility index (Phi) is 5.25. The number of ether oxygens (including phenoxy) is 1. The van der Waals surface area contributed by atoms with E-state index in [-0.39, 0.29) is 6.61 Å². The maximum atomic E-state index is 10.2. The molecule has 0 bridgehead atoms. The van der Waals surface area contributed by atoms with Crippen LogP contribution in [0, 0.1) is 0 Å². The summed E-state index contributed by atoms with van der Waals surface area (Å²) in [6, 6.07) is 0. The van der Waals surface area contributed by atoms with Gasteiger partial charge in [0.1, 0.15) is 24.6 Å². The molecule has 2 aromatic heterocycles. The van der Waals surface area contributed by atoms with E-state index in [4.69, 9.17) is 9.84 Å². The second-order valence-electron chi connectivity index (χ2n) is 5.86. The lowest BCUT2D eigenvalue weighted by atomic mass is 10.1. The van der Waals surface area contributed by atoms with Gasteiger partial charge in [-0.15, -0.1) is 0 Å². The third-order valence-electron chi connectivity index (χ3n) is 4.12. The highest BCUT2D eigenvalue weighted by molar-refractivity contribution is 5.82. The van der Waals surface area contributed by atoms with Gasteiger partial charge in [0.25, 0.3) is 0 Å². The zero-order valence-electron chi connectivity index (χ0n) is 13.6. The summed E-state index contributed by atoms with van der Waals surface area (Å²) in [6.45, 7) is 1.85. The standard InChI is InChI=1S/C15H21N5O5/c1-8(4-21)2-3-16-13-10-14(18-6-17-13)20(7-19-10)15-12(24)11(23)9(5-22)25-15/h2,6-7,9,11-12,15,21-24H,3-5H2,1H3,(H,16,17,18)/b8-2+/t9-,11+,12-,15+/m0/s1. The van der Waals surface area contributed by atoms with Crippen LogP contribution >= 0.6 is 0 Å². The van der Waals surface area contributed by atoms with Gasteiger partial charge in [0.05, 0.1) is 19.5 Å². The van der Waals surface area contributed by atoms with Gasteiger partial charge in [0.15, 0.2) is 23.2 Å². The number of anilines is 1. The molecule has 0 unspecified atom stereocenters. The van der Waals surface area contributed by atoms with Crippen molar-refractivity contribution in [3.05, 3.63) is 24.3 Å². The van der Waals surface area contributed by atoms with Gasteiger partial charge >= 0.3 is 0 Å². The number of aliphatic hydroxyl groups excluding tert-OH is 4. The smallest absolute Gasteiger partial charge is 0.167 e. The minimum atomic E-state index is -1.21. The van der Waals surface area contributed by atoms with Crippen LogP contribution in [0.2, 0.25) is 0 Å². The van der Waals surface area contributed by atoms with Gasteiger partial charge in [-0.05, 0) is 6.92 Å². The minimum Gasteiger partial charge on any atom is -0.394 e. The first kappa shape index (κ1) is 17.7. The number of imidazole rings is 1. The topological polar surface area (TPSA) is 146 Å². The third kappa shape index (κ3) is 3.34. The van der Waals surface area contributed by atoms with Crippen molar-refractivity contribution in [1.29, 1.82) is 0 Å². The Morgan fingerprint density at radius 3 is 2.76 bits per heavy atom. The average molecular weight is 351 g/mol. The van der Waals surface area contributed by atoms with Gasteiger partial charge < -0.3 is 30.5 Å². The van der Waals surface area contributed by atoms with E-state index in [1.165, 1.54) is 17.2 Å². The highest BCUT2D eigenvalue weighted by Crippen LogP contribution is 2.31. The molecule has 0 aromatic carbocycles. The highest BCUT2D eigenvalue weighted by Gasteiger charge is 2.44. The second kappa shape index (κ2) is 7.42. The first-order valence-corrected chi connectivity index (χ1v) is 7.87. The second-order valence-corrected chi connectivity index (χ2v) is 5.86. The van der Waals surface area contributed by atoms with Crippen LogP contribution in [0.4, 0.5) is 5.82 Å². The molecule has 5 N–H and O–H groups in total. The number of nitrogens with one attached hydrogen (secondary N) is 1. The molecule has 4 atom stereocenters. The summed E-state index contributed by atoms with van der Waals surface area (Å²) in [6.07, 6.45) is 0.443. The van der Waals surface area contributed by atoms with E-state index in [1.54, 1.807) is 0 Å². The molecule has 1 aliphatic heterocycles. The van der Waals surface area contributed by atoms with Crippen molar-refractivity contribution < 1.29 is 25.2 Å². The summed E-state index contributed by atoms with van der Waals surface area (Å²) >= 11 is 0. The molecular formula is C15H21N5O5. The molecule has 136 valence electrons. The van der Waals surface area contributed by atoms with Crippen LogP contribution in [-0.2, 0) is 4.74 Å². The molecule has 10 nitrogen and oxygen atoms in total. The van der Waals surface area contributed by atoms with Crippen molar-refractivity contribution in [3.8, 4) is 0 Å². The molecule has 25 heavy (non-hydrogen) atoms. The van der Waals surface area contributed by atoms with Crippen molar-refractivity contribution in [2.24, 2.45) is 0 Å². The number of aromatic nitrogens is 4. The van der Waals surface area contributed by atoms with Crippen LogP contribution < -0.4 is 5.32 Å². The summed E-state index contributed by atoms with van der Waals surface area (Å²) in [5.74, 6) is 0.498. The Balaban J connectivity index is 1.86. The van der Waals surface area contributed by atoms with Gasteiger partial charge in [0, 0.05) is 6.54 Å². The zero-order chi connectivity index (χ0) is 18.0. The number of nitrogens with zero attached hydrogens (tertiary/aromatic N) is 4. The molecule has 0 spiro atoms. The summed E-state index contributed by atoms with van der Waals surface area (Å²) in [4.78, 5) is 12.6. The van der Waals surface area contributed by atoms with Crippen molar-refractivity contribution in [2.75, 3.05) is 25.1 Å². The molecule has 2 aromatic rings. The quantitative estimate of drug-likeness (QED) is 0.404. The Morgan fingerprint density at radius 1 is 1.28 bits per heavy atom. The minimum absolute atomic E-state index is 0.0131. The van der Waals surface area contributed by atoms with Crippen molar-refractivity contribution >= 4 is 17.0 Å². The molecule has 3 heterocycles. The largest absolute Gasteiger partial charge is 0.394 e. The Labute approximate surface area is 143 Å². The van der Waals surface area contributed by atoms with Crippen molar-refractivity contribution in [3.63, 3.8) is 0 Å². The number of hydrogen-bond donors (Lipinski definition) is 5. The van der Waals surface area contributed by atoms with Gasteiger partial charge in [-0.1, -0.05) is 11.6 Å². The molecule has 1 aliphatic rings. The molecule has 1 saturated heterocycles. The Hall–Kier alpha value is -2.11. The van der Waals surface area contributed by atoms with Gasteiger partial charge in [-0.3, -0.25) is 4.57 Å². The van der Waals surface area contributed by atoms with Crippen molar-refractivity contribution in [1.82, 2.24) is 19.5 Å². The van der Waals surface area contributed by atoms with Crippen LogP contribution in [0.1, 0.15) is 13.2 Å². The SMILES string of the molecule is C/C(=C\CNc1ncnc2c1ncn2[C@@H]1O[C@@H](CO)[C@@H](O)[C@@H]1O)CO. The van der Waals surface area contributed by atoms with Crippen LogP contribution in [0.3, 0.4) is 0 Å². The van der Waals surface area contributed by atoms with E-state index in [0.29, 0.717) is 23.5 Å². The van der Waals surface area contributed by atoms with E-state index >= 15 is 0 Å². The predicted molar refractivity (Wildman–Crippen MR) is 87.7 cm³/mol. The number of fused-ring (bicyclic) bond motifs is 1. The first-order valence-electron chi connectivity index (χ1n) is 7.87. The fourth-order valence-electron chi connectivity index (χ4n) is 2.66. The highest BCUT2D eigenvalue weighted by atomic mass is 16.6. The van der Waals surface area contributed by atoms with Crippen LogP contribution in [0.15, 0.2) is 24.3 Å². The van der Waals surface area contributed by atoms with E-state index < -0.39 is 31.1 Å². The molecule has 10 heteroatoms. The summed E-state index contributed by atoms with van der Waals surface area (Å²) in [5, 5.41) is 41.4. The predicted octanol–water partition coefficient (Wildman–Crippen LogP) is -1.21. The number of aliphatic hydroxyl groups is 4. The van der Waals surface area contributed by atoms with Crippen LogP contribution in [0.5, 0.6) is 0 Å². The number of hydrogen-bond acceptors (Lipinski definition) is 9. The van der Waals surface area contributed by atoms with Crippen LogP contribution in [-0.4, -0.2) is 78.0 Å². The molecule has 0 saturated carbocycles. The fourth-order valence-corrected chi connectivity index (χ4v) is 2.66. The molecular weight excluding hydrogens is 330 g/mol. The number of rotatable bonds is 6. The average Bonchev–Trinajstić information content (AvgIpc) is 3.17. The lowest BCUT2D eigenvalue weighted by Gasteiger charge is -2.16. The molecule has 3 rings (SSSR count). The van der Waals surface area contributed by atoms with E-state index in [2.05, 4.69) is 20.3 Å². The van der Waals surface area contributed by atoms with Crippen LogP contribution in [0.25, 0.3) is 11.2 Å². The van der Waals surface area contributed by atoms with Gasteiger partial charge in [0.2, 0.25) is 0 Å². The lowest BCUT2D eigenvalue weighted by Crippen LogP contribution is -2.33.